The van der Waals surface area contributed by atoms with Crippen LogP contribution in [0.4, 0.5) is 8.78 Å². The van der Waals surface area contributed by atoms with Crippen molar-refractivity contribution in [3.63, 3.8) is 0 Å². The number of aliphatic hydroxyl groups excluding tert-OH is 1. The molecule has 0 amide bonds. The van der Waals surface area contributed by atoms with E-state index in [2.05, 4.69) is 6.92 Å². The molecular formula is C15H22F2O2. The van der Waals surface area contributed by atoms with Crippen LogP contribution in [0.1, 0.15) is 51.0 Å². The fourth-order valence-corrected chi connectivity index (χ4v) is 1.87. The third-order valence-electron chi connectivity index (χ3n) is 3.05. The molecule has 1 aromatic carbocycles. The lowest BCUT2D eigenvalue weighted by atomic mass is 10.1. The molecule has 0 unspecified atom stereocenters. The van der Waals surface area contributed by atoms with Gasteiger partial charge in [-0.25, -0.2) is 4.39 Å². The van der Waals surface area contributed by atoms with E-state index in [1.165, 1.54) is 31.4 Å². The first kappa shape index (κ1) is 15.9. The highest BCUT2D eigenvalue weighted by atomic mass is 19.2. The molecule has 1 aromatic rings. The molecule has 0 bridgehead atoms. The predicted octanol–water partition coefficient (Wildman–Crippen LogP) is 4.20. The van der Waals surface area contributed by atoms with Crippen molar-refractivity contribution in [1.29, 1.82) is 0 Å². The summed E-state index contributed by atoms with van der Waals surface area (Å²) < 4.78 is 32.1. The summed E-state index contributed by atoms with van der Waals surface area (Å²) in [4.78, 5) is 0. The molecule has 1 rings (SSSR count). The van der Waals surface area contributed by atoms with E-state index in [1.54, 1.807) is 0 Å². The van der Waals surface area contributed by atoms with Gasteiger partial charge in [-0.15, -0.1) is 0 Å². The van der Waals surface area contributed by atoms with Crippen molar-refractivity contribution in [3.8, 4) is 5.75 Å². The van der Waals surface area contributed by atoms with E-state index in [9.17, 15) is 8.78 Å². The Morgan fingerprint density at radius 2 is 1.68 bits per heavy atom. The zero-order chi connectivity index (χ0) is 14.1. The topological polar surface area (TPSA) is 29.5 Å². The summed E-state index contributed by atoms with van der Waals surface area (Å²) in [6.07, 6.45) is 6.69. The SMILES string of the molecule is CCCCCCCCOc1ccc(CO)c(F)c1F. The molecule has 0 aliphatic rings. The Morgan fingerprint density at radius 1 is 1.00 bits per heavy atom. The molecule has 0 spiro atoms. The van der Waals surface area contributed by atoms with Gasteiger partial charge < -0.3 is 9.84 Å². The second-order valence-corrected chi connectivity index (χ2v) is 4.63. The maximum Gasteiger partial charge on any atom is 0.200 e. The molecular weight excluding hydrogens is 250 g/mol. The third kappa shape index (κ3) is 5.15. The Bertz CT molecular complexity index is 381. The van der Waals surface area contributed by atoms with Gasteiger partial charge in [-0.05, 0) is 18.6 Å². The van der Waals surface area contributed by atoms with Gasteiger partial charge in [0.1, 0.15) is 0 Å². The molecule has 0 atom stereocenters. The minimum Gasteiger partial charge on any atom is -0.490 e. The largest absolute Gasteiger partial charge is 0.490 e. The van der Waals surface area contributed by atoms with Crippen LogP contribution in [-0.4, -0.2) is 11.7 Å². The first-order chi connectivity index (χ1) is 9.20. The first-order valence-corrected chi connectivity index (χ1v) is 6.91. The van der Waals surface area contributed by atoms with Crippen LogP contribution in [0.15, 0.2) is 12.1 Å². The van der Waals surface area contributed by atoms with Crippen LogP contribution in [-0.2, 0) is 6.61 Å². The van der Waals surface area contributed by atoms with Crippen molar-refractivity contribution in [1.82, 2.24) is 0 Å². The summed E-state index contributed by atoms with van der Waals surface area (Å²) in [5, 5.41) is 8.80. The summed E-state index contributed by atoms with van der Waals surface area (Å²) in [5.74, 6) is -2.12. The number of hydrogen-bond donors (Lipinski definition) is 1. The molecule has 19 heavy (non-hydrogen) atoms. The van der Waals surface area contributed by atoms with Gasteiger partial charge in [0.15, 0.2) is 11.6 Å². The summed E-state index contributed by atoms with van der Waals surface area (Å²) >= 11 is 0. The minimum atomic E-state index is -1.03. The maximum absolute atomic E-state index is 13.5. The predicted molar refractivity (Wildman–Crippen MR) is 71.2 cm³/mol. The zero-order valence-corrected chi connectivity index (χ0v) is 11.4. The lowest BCUT2D eigenvalue weighted by Crippen LogP contribution is -2.02. The quantitative estimate of drug-likeness (QED) is 0.683. The third-order valence-corrected chi connectivity index (χ3v) is 3.05. The highest BCUT2D eigenvalue weighted by molar-refractivity contribution is 5.30. The molecule has 108 valence electrons. The first-order valence-electron chi connectivity index (χ1n) is 6.91. The van der Waals surface area contributed by atoms with Crippen molar-refractivity contribution in [3.05, 3.63) is 29.3 Å². The fraction of sp³-hybridized carbons (Fsp3) is 0.600. The van der Waals surface area contributed by atoms with E-state index in [-0.39, 0.29) is 11.3 Å². The Hall–Kier alpha value is -1.16. The lowest BCUT2D eigenvalue weighted by Gasteiger charge is -2.09. The molecule has 0 fully saturated rings. The molecule has 0 aliphatic heterocycles. The van der Waals surface area contributed by atoms with Gasteiger partial charge in [0.2, 0.25) is 5.82 Å². The average Bonchev–Trinajstić information content (AvgIpc) is 2.42. The van der Waals surface area contributed by atoms with E-state index >= 15 is 0 Å². The van der Waals surface area contributed by atoms with E-state index in [4.69, 9.17) is 9.84 Å². The number of ether oxygens (including phenoxy) is 1. The Morgan fingerprint density at radius 3 is 2.37 bits per heavy atom. The normalized spacial score (nSPS) is 10.7. The highest BCUT2D eigenvalue weighted by Gasteiger charge is 2.13. The lowest BCUT2D eigenvalue weighted by molar-refractivity contribution is 0.265. The van der Waals surface area contributed by atoms with Crippen LogP contribution in [0.2, 0.25) is 0 Å². The highest BCUT2D eigenvalue weighted by Crippen LogP contribution is 2.23. The van der Waals surface area contributed by atoms with Crippen LogP contribution < -0.4 is 4.74 Å². The summed E-state index contributed by atoms with van der Waals surface area (Å²) in [6.45, 7) is 2.04. The van der Waals surface area contributed by atoms with Gasteiger partial charge >= 0.3 is 0 Å². The molecule has 0 aliphatic carbocycles. The van der Waals surface area contributed by atoms with Crippen LogP contribution in [0.5, 0.6) is 5.75 Å². The van der Waals surface area contributed by atoms with Gasteiger partial charge in [0, 0.05) is 5.56 Å². The molecule has 0 heterocycles. The fourth-order valence-electron chi connectivity index (χ4n) is 1.87. The number of unbranched alkanes of at least 4 members (excludes halogenated alkanes) is 5. The van der Waals surface area contributed by atoms with Crippen molar-refractivity contribution in [2.45, 2.75) is 52.1 Å². The van der Waals surface area contributed by atoms with Gasteiger partial charge in [-0.3, -0.25) is 0 Å². The molecule has 0 aromatic heterocycles. The Labute approximate surface area is 113 Å². The van der Waals surface area contributed by atoms with E-state index < -0.39 is 18.2 Å². The molecule has 1 N–H and O–H groups in total. The van der Waals surface area contributed by atoms with Crippen LogP contribution in [0.3, 0.4) is 0 Å². The maximum atomic E-state index is 13.5. The van der Waals surface area contributed by atoms with Gasteiger partial charge in [-0.2, -0.15) is 4.39 Å². The van der Waals surface area contributed by atoms with Crippen LogP contribution in [0.25, 0.3) is 0 Å². The smallest absolute Gasteiger partial charge is 0.200 e. The van der Waals surface area contributed by atoms with Gasteiger partial charge in [-0.1, -0.05) is 39.0 Å². The zero-order valence-electron chi connectivity index (χ0n) is 11.4. The number of rotatable bonds is 9. The van der Waals surface area contributed by atoms with E-state index in [0.29, 0.717) is 6.61 Å². The average molecular weight is 272 g/mol. The number of halogens is 2. The Kier molecular flexibility index (Phi) is 7.41. The van der Waals surface area contributed by atoms with E-state index in [1.807, 2.05) is 0 Å². The molecule has 0 saturated carbocycles. The Balaban J connectivity index is 2.32. The molecule has 0 radical (unpaired) electrons. The van der Waals surface area contributed by atoms with Gasteiger partial charge in [0.25, 0.3) is 0 Å². The number of hydrogen-bond acceptors (Lipinski definition) is 2. The molecule has 0 saturated heterocycles. The van der Waals surface area contributed by atoms with Crippen molar-refractivity contribution in [2.24, 2.45) is 0 Å². The standard InChI is InChI=1S/C15H22F2O2/c1-2-3-4-5-6-7-10-19-13-9-8-12(11-18)14(16)15(13)17/h8-9,18H,2-7,10-11H2,1H3. The number of benzene rings is 1. The van der Waals surface area contributed by atoms with E-state index in [0.717, 1.165) is 19.3 Å². The second-order valence-electron chi connectivity index (χ2n) is 4.63. The summed E-state index contributed by atoms with van der Waals surface area (Å²) in [6, 6.07) is 2.70. The minimum absolute atomic E-state index is 0.0515. The summed E-state index contributed by atoms with van der Waals surface area (Å²) in [7, 11) is 0. The van der Waals surface area contributed by atoms with Crippen molar-refractivity contribution < 1.29 is 18.6 Å². The summed E-state index contributed by atoms with van der Waals surface area (Å²) in [5.41, 5.74) is -0.0515. The van der Waals surface area contributed by atoms with Crippen LogP contribution in [0, 0.1) is 11.6 Å². The van der Waals surface area contributed by atoms with Crippen LogP contribution >= 0.6 is 0 Å². The number of aliphatic hydroxyl groups is 1. The van der Waals surface area contributed by atoms with Crippen molar-refractivity contribution in [2.75, 3.05) is 6.61 Å². The molecule has 4 heteroatoms. The van der Waals surface area contributed by atoms with Crippen molar-refractivity contribution >= 4 is 0 Å². The second kappa shape index (κ2) is 8.86. The monoisotopic (exact) mass is 272 g/mol. The van der Waals surface area contributed by atoms with Gasteiger partial charge in [0.05, 0.1) is 13.2 Å². The molecule has 2 nitrogen and oxygen atoms in total.